The van der Waals surface area contributed by atoms with Gasteiger partial charge in [0, 0.05) is 5.56 Å². The normalized spacial score (nSPS) is 15.3. The SMILES string of the molecule is NC(=O)c1ccc(N)c(OCCC2CCC2)c1. The average molecular weight is 234 g/mol. The van der Waals surface area contributed by atoms with Crippen LogP contribution in [0.1, 0.15) is 36.0 Å². The fraction of sp³-hybridized carbons (Fsp3) is 0.462. The summed E-state index contributed by atoms with van der Waals surface area (Å²) < 4.78 is 5.60. The number of hydrogen-bond acceptors (Lipinski definition) is 3. The fourth-order valence-electron chi connectivity index (χ4n) is 1.93. The van der Waals surface area contributed by atoms with Gasteiger partial charge in [0.05, 0.1) is 12.3 Å². The molecule has 92 valence electrons. The van der Waals surface area contributed by atoms with Crippen molar-refractivity contribution in [3.63, 3.8) is 0 Å². The molecular weight excluding hydrogens is 216 g/mol. The van der Waals surface area contributed by atoms with Crippen LogP contribution in [0.4, 0.5) is 5.69 Å². The third-order valence-corrected chi connectivity index (χ3v) is 3.31. The van der Waals surface area contributed by atoms with Gasteiger partial charge in [0.15, 0.2) is 0 Å². The highest BCUT2D eigenvalue weighted by Crippen LogP contribution is 2.30. The topological polar surface area (TPSA) is 78.3 Å². The summed E-state index contributed by atoms with van der Waals surface area (Å²) in [6.45, 7) is 0.650. The van der Waals surface area contributed by atoms with Crippen LogP contribution in [-0.4, -0.2) is 12.5 Å². The zero-order valence-electron chi connectivity index (χ0n) is 9.82. The highest BCUT2D eigenvalue weighted by molar-refractivity contribution is 5.93. The van der Waals surface area contributed by atoms with Gasteiger partial charge in [-0.2, -0.15) is 0 Å². The summed E-state index contributed by atoms with van der Waals surface area (Å²) in [4.78, 5) is 11.0. The average Bonchev–Trinajstić information content (AvgIpc) is 2.23. The summed E-state index contributed by atoms with van der Waals surface area (Å²) in [6.07, 6.45) is 5.00. The molecule has 1 saturated carbocycles. The molecule has 0 aliphatic heterocycles. The van der Waals surface area contributed by atoms with Crippen LogP contribution in [0, 0.1) is 5.92 Å². The lowest BCUT2D eigenvalue weighted by molar-refractivity contribution is 0.1000. The highest BCUT2D eigenvalue weighted by Gasteiger charge is 2.17. The Kier molecular flexibility index (Phi) is 3.52. The van der Waals surface area contributed by atoms with Crippen molar-refractivity contribution in [2.75, 3.05) is 12.3 Å². The molecule has 4 N–H and O–H groups in total. The number of anilines is 1. The van der Waals surface area contributed by atoms with Crippen molar-refractivity contribution in [3.05, 3.63) is 23.8 Å². The van der Waals surface area contributed by atoms with Crippen LogP contribution in [0.25, 0.3) is 0 Å². The summed E-state index contributed by atoms with van der Waals surface area (Å²) in [5, 5.41) is 0. The largest absolute Gasteiger partial charge is 0.491 e. The van der Waals surface area contributed by atoms with Gasteiger partial charge in [0.1, 0.15) is 5.75 Å². The van der Waals surface area contributed by atoms with Gasteiger partial charge < -0.3 is 16.2 Å². The first-order chi connectivity index (χ1) is 8.16. The number of nitrogens with two attached hydrogens (primary N) is 2. The van der Waals surface area contributed by atoms with E-state index >= 15 is 0 Å². The number of hydrogen-bond donors (Lipinski definition) is 2. The van der Waals surface area contributed by atoms with E-state index in [4.69, 9.17) is 16.2 Å². The summed E-state index contributed by atoms with van der Waals surface area (Å²) in [7, 11) is 0. The number of primary amides is 1. The van der Waals surface area contributed by atoms with Crippen molar-refractivity contribution in [2.24, 2.45) is 11.7 Å². The van der Waals surface area contributed by atoms with Crippen LogP contribution in [0.5, 0.6) is 5.75 Å². The lowest BCUT2D eigenvalue weighted by Gasteiger charge is -2.25. The Morgan fingerprint density at radius 3 is 2.76 bits per heavy atom. The van der Waals surface area contributed by atoms with Crippen LogP contribution in [0.2, 0.25) is 0 Å². The van der Waals surface area contributed by atoms with Gasteiger partial charge in [-0.3, -0.25) is 4.79 Å². The summed E-state index contributed by atoms with van der Waals surface area (Å²) in [5.41, 5.74) is 12.0. The van der Waals surface area contributed by atoms with E-state index in [1.165, 1.54) is 19.3 Å². The third kappa shape index (κ3) is 2.90. The van der Waals surface area contributed by atoms with Crippen LogP contribution in [0.15, 0.2) is 18.2 Å². The molecule has 0 bridgehead atoms. The first kappa shape index (κ1) is 11.8. The van der Waals surface area contributed by atoms with Gasteiger partial charge in [0.25, 0.3) is 0 Å². The van der Waals surface area contributed by atoms with E-state index in [0.29, 0.717) is 23.6 Å². The van der Waals surface area contributed by atoms with E-state index in [-0.39, 0.29) is 0 Å². The number of carbonyl (C=O) groups excluding carboxylic acids is 1. The van der Waals surface area contributed by atoms with Crippen LogP contribution in [0.3, 0.4) is 0 Å². The zero-order chi connectivity index (χ0) is 12.3. The van der Waals surface area contributed by atoms with Gasteiger partial charge in [-0.15, -0.1) is 0 Å². The van der Waals surface area contributed by atoms with E-state index in [1.807, 2.05) is 0 Å². The van der Waals surface area contributed by atoms with E-state index in [0.717, 1.165) is 12.3 Å². The first-order valence-corrected chi connectivity index (χ1v) is 5.99. The molecule has 4 nitrogen and oxygen atoms in total. The second kappa shape index (κ2) is 5.08. The molecular formula is C13H18N2O2. The summed E-state index contributed by atoms with van der Waals surface area (Å²) in [6, 6.07) is 4.87. The number of nitrogen functional groups attached to an aromatic ring is 1. The predicted molar refractivity (Wildman–Crippen MR) is 66.8 cm³/mol. The molecule has 2 rings (SSSR count). The molecule has 1 aliphatic rings. The quantitative estimate of drug-likeness (QED) is 0.764. The van der Waals surface area contributed by atoms with E-state index in [2.05, 4.69) is 0 Å². The van der Waals surface area contributed by atoms with Crippen LogP contribution in [-0.2, 0) is 0 Å². The molecule has 0 heterocycles. The Morgan fingerprint density at radius 1 is 1.41 bits per heavy atom. The van der Waals surface area contributed by atoms with Crippen molar-refractivity contribution in [2.45, 2.75) is 25.7 Å². The Bertz CT molecular complexity index is 414. The summed E-state index contributed by atoms with van der Waals surface area (Å²) in [5.74, 6) is 0.894. The van der Waals surface area contributed by atoms with E-state index in [1.54, 1.807) is 18.2 Å². The number of amides is 1. The molecule has 0 radical (unpaired) electrons. The number of carbonyl (C=O) groups is 1. The van der Waals surface area contributed by atoms with Crippen molar-refractivity contribution in [1.82, 2.24) is 0 Å². The minimum atomic E-state index is -0.464. The van der Waals surface area contributed by atoms with Gasteiger partial charge in [0.2, 0.25) is 5.91 Å². The lowest BCUT2D eigenvalue weighted by Crippen LogP contribution is -2.15. The standard InChI is InChI=1S/C13H18N2O2/c14-11-5-4-10(13(15)16)8-12(11)17-7-6-9-2-1-3-9/h4-5,8-9H,1-3,6-7,14H2,(H2,15,16). The monoisotopic (exact) mass is 234 g/mol. The molecule has 17 heavy (non-hydrogen) atoms. The van der Waals surface area contributed by atoms with E-state index in [9.17, 15) is 4.79 Å². The van der Waals surface area contributed by atoms with E-state index < -0.39 is 5.91 Å². The Hall–Kier alpha value is -1.71. The maximum atomic E-state index is 11.0. The minimum Gasteiger partial charge on any atom is -0.491 e. The van der Waals surface area contributed by atoms with Crippen LogP contribution >= 0.6 is 0 Å². The first-order valence-electron chi connectivity index (χ1n) is 5.99. The number of ether oxygens (including phenoxy) is 1. The third-order valence-electron chi connectivity index (χ3n) is 3.31. The van der Waals surface area contributed by atoms with Gasteiger partial charge in [-0.25, -0.2) is 0 Å². The molecule has 1 aliphatic carbocycles. The molecule has 0 saturated heterocycles. The highest BCUT2D eigenvalue weighted by atomic mass is 16.5. The molecule has 1 aromatic rings. The predicted octanol–water partition coefficient (Wildman–Crippen LogP) is 1.94. The molecule has 4 heteroatoms. The minimum absolute atomic E-state index is 0.429. The second-order valence-electron chi connectivity index (χ2n) is 4.55. The summed E-state index contributed by atoms with van der Waals surface area (Å²) >= 11 is 0. The Balaban J connectivity index is 1.93. The molecule has 1 fully saturated rings. The van der Waals surface area contributed by atoms with Crippen molar-refractivity contribution in [3.8, 4) is 5.75 Å². The molecule has 0 spiro atoms. The Labute approximate surface area is 101 Å². The van der Waals surface area contributed by atoms with Crippen LogP contribution < -0.4 is 16.2 Å². The van der Waals surface area contributed by atoms with Gasteiger partial charge >= 0.3 is 0 Å². The number of rotatable bonds is 5. The zero-order valence-corrected chi connectivity index (χ0v) is 9.82. The Morgan fingerprint density at radius 2 is 2.18 bits per heavy atom. The molecule has 0 aromatic heterocycles. The molecule has 0 atom stereocenters. The van der Waals surface area contributed by atoms with Gasteiger partial charge in [-0.05, 0) is 30.5 Å². The maximum absolute atomic E-state index is 11.0. The lowest BCUT2D eigenvalue weighted by atomic mass is 9.83. The molecule has 0 unspecified atom stereocenters. The molecule has 1 aromatic carbocycles. The van der Waals surface area contributed by atoms with Crippen molar-refractivity contribution >= 4 is 11.6 Å². The van der Waals surface area contributed by atoms with Crippen molar-refractivity contribution < 1.29 is 9.53 Å². The van der Waals surface area contributed by atoms with Crippen molar-refractivity contribution in [1.29, 1.82) is 0 Å². The number of benzene rings is 1. The van der Waals surface area contributed by atoms with Gasteiger partial charge in [-0.1, -0.05) is 19.3 Å². The smallest absolute Gasteiger partial charge is 0.248 e. The molecule has 1 amide bonds. The second-order valence-corrected chi connectivity index (χ2v) is 4.55. The maximum Gasteiger partial charge on any atom is 0.248 e. The fourth-order valence-corrected chi connectivity index (χ4v) is 1.93.